The number of thiocarbonyl (C=S) groups is 1. The highest BCUT2D eigenvalue weighted by Crippen LogP contribution is 2.17. The number of hydrogen-bond acceptors (Lipinski definition) is 2. The van der Waals surface area contributed by atoms with E-state index in [2.05, 4.69) is 16.2 Å². The molecule has 0 aromatic heterocycles. The molecule has 3 N–H and O–H groups in total. The topological polar surface area (TPSA) is 53.2 Å². The molecule has 1 aromatic rings. The van der Waals surface area contributed by atoms with Gasteiger partial charge in [-0.3, -0.25) is 15.6 Å². The maximum Gasteiger partial charge on any atom is 0.262 e. The number of hydrazine groups is 1. The molecule has 1 fully saturated rings. The van der Waals surface area contributed by atoms with Crippen molar-refractivity contribution < 1.29 is 4.79 Å². The Morgan fingerprint density at radius 2 is 2.05 bits per heavy atom. The molecule has 0 bridgehead atoms. The molecule has 5 heteroatoms. The molecular formula is C16H21N3OS. The van der Waals surface area contributed by atoms with E-state index >= 15 is 0 Å². The van der Waals surface area contributed by atoms with Crippen LogP contribution in [0.4, 0.5) is 0 Å². The highest BCUT2D eigenvalue weighted by atomic mass is 32.1. The van der Waals surface area contributed by atoms with Gasteiger partial charge in [-0.15, -0.1) is 0 Å². The van der Waals surface area contributed by atoms with Crippen LogP contribution in [0.3, 0.4) is 0 Å². The van der Waals surface area contributed by atoms with Gasteiger partial charge in [-0.1, -0.05) is 42.7 Å². The van der Waals surface area contributed by atoms with Gasteiger partial charge in [-0.25, -0.2) is 0 Å². The maximum atomic E-state index is 11.7. The van der Waals surface area contributed by atoms with Crippen LogP contribution in [0.2, 0.25) is 0 Å². The zero-order valence-electron chi connectivity index (χ0n) is 12.2. The van der Waals surface area contributed by atoms with Crippen LogP contribution in [-0.2, 0) is 4.79 Å². The Balaban J connectivity index is 1.72. The van der Waals surface area contributed by atoms with Gasteiger partial charge >= 0.3 is 0 Å². The minimum atomic E-state index is -0.230. The van der Waals surface area contributed by atoms with Crippen molar-refractivity contribution in [1.82, 2.24) is 16.2 Å². The minimum Gasteiger partial charge on any atom is -0.359 e. The zero-order chi connectivity index (χ0) is 15.1. The second kappa shape index (κ2) is 7.78. The van der Waals surface area contributed by atoms with Crippen molar-refractivity contribution in [2.24, 2.45) is 0 Å². The Morgan fingerprint density at radius 3 is 2.76 bits per heavy atom. The van der Waals surface area contributed by atoms with Crippen molar-refractivity contribution in [2.75, 3.05) is 0 Å². The first-order valence-electron chi connectivity index (χ1n) is 7.25. The van der Waals surface area contributed by atoms with Crippen LogP contribution < -0.4 is 16.2 Å². The lowest BCUT2D eigenvalue weighted by molar-refractivity contribution is -0.116. The zero-order valence-corrected chi connectivity index (χ0v) is 13.0. The Labute approximate surface area is 131 Å². The molecule has 1 amide bonds. The molecule has 0 spiro atoms. The smallest absolute Gasteiger partial charge is 0.262 e. The van der Waals surface area contributed by atoms with E-state index in [9.17, 15) is 4.79 Å². The summed E-state index contributed by atoms with van der Waals surface area (Å²) in [6.07, 6.45) is 8.03. The Kier molecular flexibility index (Phi) is 5.75. The molecule has 0 atom stereocenters. The van der Waals surface area contributed by atoms with E-state index in [0.29, 0.717) is 11.2 Å². The first-order chi connectivity index (χ1) is 10.1. The summed E-state index contributed by atoms with van der Waals surface area (Å²) in [7, 11) is 0. The molecule has 0 heterocycles. The van der Waals surface area contributed by atoms with E-state index in [4.69, 9.17) is 12.2 Å². The van der Waals surface area contributed by atoms with Crippen LogP contribution in [0.5, 0.6) is 0 Å². The van der Waals surface area contributed by atoms with Gasteiger partial charge in [-0.05, 0) is 43.6 Å². The number of aryl methyl sites for hydroxylation is 1. The second-order valence-electron chi connectivity index (χ2n) is 5.32. The number of carbonyl (C=O) groups is 1. The molecule has 112 valence electrons. The van der Waals surface area contributed by atoms with Crippen LogP contribution in [0.15, 0.2) is 30.3 Å². The third-order valence-electron chi connectivity index (χ3n) is 3.46. The number of benzene rings is 1. The lowest BCUT2D eigenvalue weighted by Gasteiger charge is -2.15. The Bertz CT molecular complexity index is 536. The third kappa shape index (κ3) is 5.55. The molecule has 2 rings (SSSR count). The summed E-state index contributed by atoms with van der Waals surface area (Å²) in [5.74, 6) is -0.230. The predicted octanol–water partition coefficient (Wildman–Crippen LogP) is 2.45. The quantitative estimate of drug-likeness (QED) is 0.456. The van der Waals surface area contributed by atoms with Crippen molar-refractivity contribution in [3.05, 3.63) is 41.5 Å². The van der Waals surface area contributed by atoms with E-state index in [1.165, 1.54) is 18.9 Å². The third-order valence-corrected chi connectivity index (χ3v) is 3.68. The second-order valence-corrected chi connectivity index (χ2v) is 5.72. The van der Waals surface area contributed by atoms with Gasteiger partial charge in [0.05, 0.1) is 0 Å². The Morgan fingerprint density at radius 1 is 1.29 bits per heavy atom. The summed E-state index contributed by atoms with van der Waals surface area (Å²) in [6, 6.07) is 8.39. The van der Waals surface area contributed by atoms with Gasteiger partial charge in [0.25, 0.3) is 5.91 Å². The van der Waals surface area contributed by atoms with E-state index in [1.54, 1.807) is 6.08 Å². The lowest BCUT2D eigenvalue weighted by atomic mass is 10.1. The van der Waals surface area contributed by atoms with E-state index in [-0.39, 0.29) is 5.91 Å². The van der Waals surface area contributed by atoms with Crippen LogP contribution in [0, 0.1) is 6.92 Å². The number of rotatable bonds is 3. The summed E-state index contributed by atoms with van der Waals surface area (Å²) in [6.45, 7) is 2.02. The van der Waals surface area contributed by atoms with E-state index < -0.39 is 0 Å². The number of nitrogens with one attached hydrogen (secondary N) is 3. The largest absolute Gasteiger partial charge is 0.359 e. The maximum absolute atomic E-state index is 11.7. The van der Waals surface area contributed by atoms with Crippen molar-refractivity contribution in [3.8, 4) is 0 Å². The van der Waals surface area contributed by atoms with Crippen molar-refractivity contribution in [1.29, 1.82) is 0 Å². The summed E-state index contributed by atoms with van der Waals surface area (Å²) < 4.78 is 0. The van der Waals surface area contributed by atoms with Crippen LogP contribution in [0.1, 0.15) is 36.8 Å². The number of amides is 1. The SMILES string of the molecule is Cc1cccc(/C=C/C(=O)NNC(=S)NC2CCCC2)c1. The predicted molar refractivity (Wildman–Crippen MR) is 89.5 cm³/mol. The van der Waals surface area contributed by atoms with Gasteiger partial charge < -0.3 is 5.32 Å². The van der Waals surface area contributed by atoms with Gasteiger partial charge in [0, 0.05) is 12.1 Å². The van der Waals surface area contributed by atoms with Crippen molar-refractivity contribution in [3.63, 3.8) is 0 Å². The van der Waals surface area contributed by atoms with Gasteiger partial charge in [-0.2, -0.15) is 0 Å². The van der Waals surface area contributed by atoms with Crippen molar-refractivity contribution >= 4 is 29.3 Å². The summed E-state index contributed by atoms with van der Waals surface area (Å²) in [4.78, 5) is 11.7. The fourth-order valence-corrected chi connectivity index (χ4v) is 2.62. The molecule has 0 unspecified atom stereocenters. The first-order valence-corrected chi connectivity index (χ1v) is 7.65. The molecule has 21 heavy (non-hydrogen) atoms. The molecule has 4 nitrogen and oxygen atoms in total. The fraction of sp³-hybridized carbons (Fsp3) is 0.375. The summed E-state index contributed by atoms with van der Waals surface area (Å²) >= 11 is 5.14. The van der Waals surface area contributed by atoms with Crippen LogP contribution in [0.25, 0.3) is 6.08 Å². The Hall–Kier alpha value is -1.88. The monoisotopic (exact) mass is 303 g/mol. The van der Waals surface area contributed by atoms with Crippen LogP contribution in [-0.4, -0.2) is 17.1 Å². The molecule has 0 radical (unpaired) electrons. The molecular weight excluding hydrogens is 282 g/mol. The average Bonchev–Trinajstić information content (AvgIpc) is 2.96. The lowest BCUT2D eigenvalue weighted by Crippen LogP contribution is -2.48. The normalized spacial score (nSPS) is 15.1. The van der Waals surface area contributed by atoms with Crippen molar-refractivity contribution in [2.45, 2.75) is 38.6 Å². The average molecular weight is 303 g/mol. The summed E-state index contributed by atoms with van der Waals surface area (Å²) in [5.41, 5.74) is 7.45. The van der Waals surface area contributed by atoms with E-state index in [0.717, 1.165) is 24.0 Å². The molecule has 0 aliphatic heterocycles. The van der Waals surface area contributed by atoms with Crippen LogP contribution >= 0.6 is 12.2 Å². The van der Waals surface area contributed by atoms with Gasteiger partial charge in [0.15, 0.2) is 5.11 Å². The molecule has 1 aromatic carbocycles. The molecule has 1 aliphatic rings. The fourth-order valence-electron chi connectivity index (χ4n) is 2.40. The summed E-state index contributed by atoms with van der Waals surface area (Å²) in [5, 5.41) is 3.67. The number of hydrogen-bond donors (Lipinski definition) is 3. The highest BCUT2D eigenvalue weighted by Gasteiger charge is 2.15. The molecule has 1 aliphatic carbocycles. The standard InChI is InChI=1S/C16H21N3OS/c1-12-5-4-6-13(11-12)9-10-15(20)18-19-16(21)17-14-7-2-3-8-14/h4-6,9-11,14H,2-3,7-8H2,1H3,(H,18,20)(H2,17,19,21)/b10-9+. The first kappa shape index (κ1) is 15.5. The highest BCUT2D eigenvalue weighted by molar-refractivity contribution is 7.80. The van der Waals surface area contributed by atoms with E-state index in [1.807, 2.05) is 31.2 Å². The number of carbonyl (C=O) groups excluding carboxylic acids is 1. The molecule has 0 saturated heterocycles. The van der Waals surface area contributed by atoms with Gasteiger partial charge in [0.2, 0.25) is 0 Å². The van der Waals surface area contributed by atoms with Gasteiger partial charge in [0.1, 0.15) is 0 Å². The minimum absolute atomic E-state index is 0.230. The molecule has 1 saturated carbocycles.